The number of anilines is 1. The van der Waals surface area contributed by atoms with Gasteiger partial charge in [-0.25, -0.2) is 0 Å². The monoisotopic (exact) mass is 326 g/mol. The molecule has 1 aliphatic rings. The van der Waals surface area contributed by atoms with E-state index in [2.05, 4.69) is 34.1 Å². The normalized spacial score (nSPS) is 16.8. The minimum Gasteiger partial charge on any atom is -0.491 e. The lowest BCUT2D eigenvalue weighted by Crippen LogP contribution is -2.49. The third-order valence-electron chi connectivity index (χ3n) is 4.43. The molecule has 1 N–H and O–H groups in total. The van der Waals surface area contributed by atoms with Crippen LogP contribution in [0, 0.1) is 6.92 Å². The van der Waals surface area contributed by atoms with Crippen LogP contribution in [0.2, 0.25) is 0 Å². The average molecular weight is 326 g/mol. The summed E-state index contributed by atoms with van der Waals surface area (Å²) >= 11 is 0. The number of para-hydroxylation sites is 1. The van der Waals surface area contributed by atoms with Crippen molar-refractivity contribution in [2.45, 2.75) is 13.0 Å². The predicted molar refractivity (Wildman–Crippen MR) is 97.8 cm³/mol. The zero-order chi connectivity index (χ0) is 16.8. The van der Waals surface area contributed by atoms with Crippen LogP contribution in [0.5, 0.6) is 5.75 Å². The molecule has 1 fully saturated rings. The first-order valence-corrected chi connectivity index (χ1v) is 8.60. The number of nitrogens with zero attached hydrogens (tertiary/aromatic N) is 2. The molecule has 0 amide bonds. The lowest BCUT2D eigenvalue weighted by molar-refractivity contribution is 0.0663. The number of aliphatic hydroxyl groups excluding tert-OH is 1. The van der Waals surface area contributed by atoms with Gasteiger partial charge in [-0.2, -0.15) is 0 Å². The smallest absolute Gasteiger partial charge is 0.119 e. The number of hydrogen-bond acceptors (Lipinski definition) is 4. The highest BCUT2D eigenvalue weighted by molar-refractivity contribution is 5.46. The van der Waals surface area contributed by atoms with Crippen LogP contribution < -0.4 is 9.64 Å². The van der Waals surface area contributed by atoms with Crippen LogP contribution in [0.4, 0.5) is 5.69 Å². The van der Waals surface area contributed by atoms with E-state index in [0.717, 1.165) is 31.9 Å². The van der Waals surface area contributed by atoms with Gasteiger partial charge in [-0.3, -0.25) is 4.90 Å². The summed E-state index contributed by atoms with van der Waals surface area (Å²) in [6.45, 7) is 6.97. The lowest BCUT2D eigenvalue weighted by atomic mass is 10.2. The zero-order valence-electron chi connectivity index (χ0n) is 14.3. The van der Waals surface area contributed by atoms with E-state index in [1.165, 1.54) is 11.3 Å². The first kappa shape index (κ1) is 16.8. The number of piperazine rings is 1. The van der Waals surface area contributed by atoms with Gasteiger partial charge in [0.1, 0.15) is 18.5 Å². The van der Waals surface area contributed by atoms with Crippen molar-refractivity contribution in [3.05, 3.63) is 60.2 Å². The van der Waals surface area contributed by atoms with Gasteiger partial charge in [0, 0.05) is 38.4 Å². The second kappa shape index (κ2) is 8.18. The molecule has 0 radical (unpaired) electrons. The molecule has 1 atom stereocenters. The van der Waals surface area contributed by atoms with Crippen LogP contribution >= 0.6 is 0 Å². The molecule has 0 aliphatic carbocycles. The van der Waals surface area contributed by atoms with Gasteiger partial charge in [-0.1, -0.05) is 35.9 Å². The number of hydrogen-bond donors (Lipinski definition) is 1. The Morgan fingerprint density at radius 2 is 1.62 bits per heavy atom. The highest BCUT2D eigenvalue weighted by Crippen LogP contribution is 2.16. The van der Waals surface area contributed by atoms with Gasteiger partial charge in [0.25, 0.3) is 0 Å². The topological polar surface area (TPSA) is 35.9 Å². The van der Waals surface area contributed by atoms with Gasteiger partial charge in [-0.15, -0.1) is 0 Å². The summed E-state index contributed by atoms with van der Waals surface area (Å²) in [5, 5.41) is 10.2. The summed E-state index contributed by atoms with van der Waals surface area (Å²) < 4.78 is 5.67. The third-order valence-corrected chi connectivity index (χ3v) is 4.43. The molecule has 0 saturated carbocycles. The molecule has 0 unspecified atom stereocenters. The quantitative estimate of drug-likeness (QED) is 0.885. The second-order valence-electron chi connectivity index (χ2n) is 6.40. The Morgan fingerprint density at radius 3 is 2.29 bits per heavy atom. The van der Waals surface area contributed by atoms with Crippen LogP contribution in [0.3, 0.4) is 0 Å². The van der Waals surface area contributed by atoms with Crippen LogP contribution in [0.15, 0.2) is 54.6 Å². The van der Waals surface area contributed by atoms with Crippen molar-refractivity contribution < 1.29 is 9.84 Å². The number of rotatable bonds is 6. The zero-order valence-corrected chi connectivity index (χ0v) is 14.3. The number of ether oxygens (including phenoxy) is 1. The molecule has 0 bridgehead atoms. The van der Waals surface area contributed by atoms with E-state index < -0.39 is 6.10 Å². The molecule has 2 aromatic rings. The summed E-state index contributed by atoms with van der Waals surface area (Å²) in [7, 11) is 0. The molecule has 4 nitrogen and oxygen atoms in total. The molecular formula is C20H26N2O2. The molecule has 1 heterocycles. The van der Waals surface area contributed by atoms with Gasteiger partial charge in [0.2, 0.25) is 0 Å². The van der Waals surface area contributed by atoms with Gasteiger partial charge in [0.05, 0.1) is 0 Å². The lowest BCUT2D eigenvalue weighted by Gasteiger charge is -2.36. The minimum atomic E-state index is -0.463. The maximum absolute atomic E-state index is 10.2. The number of aliphatic hydroxyl groups is 1. The van der Waals surface area contributed by atoms with Crippen LogP contribution in [-0.4, -0.2) is 55.4 Å². The fourth-order valence-electron chi connectivity index (χ4n) is 3.01. The Balaban J connectivity index is 1.40. The highest BCUT2D eigenvalue weighted by atomic mass is 16.5. The van der Waals surface area contributed by atoms with Crippen LogP contribution in [0.1, 0.15) is 5.56 Å². The van der Waals surface area contributed by atoms with Crippen LogP contribution in [0.25, 0.3) is 0 Å². The Kier molecular flexibility index (Phi) is 5.72. The molecule has 128 valence electrons. The maximum atomic E-state index is 10.2. The molecule has 4 heteroatoms. The van der Waals surface area contributed by atoms with Crippen molar-refractivity contribution in [3.8, 4) is 5.75 Å². The van der Waals surface area contributed by atoms with Crippen molar-refractivity contribution in [1.29, 1.82) is 0 Å². The van der Waals surface area contributed by atoms with E-state index in [1.807, 2.05) is 37.3 Å². The molecule has 1 aliphatic heterocycles. The molecule has 3 rings (SSSR count). The molecular weight excluding hydrogens is 300 g/mol. The van der Waals surface area contributed by atoms with E-state index >= 15 is 0 Å². The first-order chi connectivity index (χ1) is 11.7. The van der Waals surface area contributed by atoms with E-state index in [9.17, 15) is 5.11 Å². The first-order valence-electron chi connectivity index (χ1n) is 8.60. The largest absolute Gasteiger partial charge is 0.491 e. The van der Waals surface area contributed by atoms with Crippen molar-refractivity contribution in [2.24, 2.45) is 0 Å². The van der Waals surface area contributed by atoms with Crippen molar-refractivity contribution in [1.82, 2.24) is 4.90 Å². The van der Waals surface area contributed by atoms with Crippen molar-refractivity contribution in [2.75, 3.05) is 44.2 Å². The van der Waals surface area contributed by atoms with Gasteiger partial charge in [-0.05, 0) is 31.2 Å². The Labute approximate surface area is 144 Å². The van der Waals surface area contributed by atoms with E-state index in [0.29, 0.717) is 13.2 Å². The Morgan fingerprint density at radius 1 is 0.958 bits per heavy atom. The molecule has 1 saturated heterocycles. The Bertz CT molecular complexity index is 607. The van der Waals surface area contributed by atoms with E-state index in [4.69, 9.17) is 4.74 Å². The van der Waals surface area contributed by atoms with Gasteiger partial charge < -0.3 is 14.7 Å². The molecule has 2 aromatic carbocycles. The summed E-state index contributed by atoms with van der Waals surface area (Å²) in [5.74, 6) is 0.813. The summed E-state index contributed by atoms with van der Waals surface area (Å²) in [5.41, 5.74) is 2.49. The average Bonchev–Trinajstić information content (AvgIpc) is 2.63. The molecule has 24 heavy (non-hydrogen) atoms. The van der Waals surface area contributed by atoms with Crippen molar-refractivity contribution in [3.63, 3.8) is 0 Å². The fourth-order valence-corrected chi connectivity index (χ4v) is 3.01. The summed E-state index contributed by atoms with van der Waals surface area (Å²) in [6.07, 6.45) is -0.463. The fraction of sp³-hybridized carbons (Fsp3) is 0.400. The van der Waals surface area contributed by atoms with E-state index in [-0.39, 0.29) is 0 Å². The summed E-state index contributed by atoms with van der Waals surface area (Å²) in [4.78, 5) is 4.70. The SMILES string of the molecule is Cc1ccc(OC[C@@H](O)CN2CCN(c3ccccc3)CC2)cc1. The summed E-state index contributed by atoms with van der Waals surface area (Å²) in [6, 6.07) is 18.4. The number of benzene rings is 2. The highest BCUT2D eigenvalue weighted by Gasteiger charge is 2.19. The van der Waals surface area contributed by atoms with E-state index in [1.54, 1.807) is 0 Å². The van der Waals surface area contributed by atoms with Crippen molar-refractivity contribution >= 4 is 5.69 Å². The van der Waals surface area contributed by atoms with Gasteiger partial charge in [0.15, 0.2) is 0 Å². The number of β-amino-alcohol motifs (C(OH)–C–C–N with tert-alkyl or cyclic N) is 1. The minimum absolute atomic E-state index is 0.335. The maximum Gasteiger partial charge on any atom is 0.119 e. The van der Waals surface area contributed by atoms with Crippen LogP contribution in [-0.2, 0) is 0 Å². The predicted octanol–water partition coefficient (Wildman–Crippen LogP) is 2.56. The molecule has 0 aromatic heterocycles. The Hall–Kier alpha value is -2.04. The second-order valence-corrected chi connectivity index (χ2v) is 6.40. The standard InChI is InChI=1S/C20H26N2O2/c1-17-7-9-20(10-8-17)24-16-19(23)15-21-11-13-22(14-12-21)18-5-3-2-4-6-18/h2-10,19,23H,11-16H2,1H3/t19-/m0/s1. The molecule has 0 spiro atoms. The van der Waals surface area contributed by atoms with Gasteiger partial charge >= 0.3 is 0 Å². The third kappa shape index (κ3) is 4.73. The number of aryl methyl sites for hydroxylation is 1.